The van der Waals surface area contributed by atoms with Crippen LogP contribution in [0, 0.1) is 6.61 Å². The van der Waals surface area contributed by atoms with Crippen LogP contribution in [0.15, 0.2) is 24.3 Å². The molecule has 0 aliphatic heterocycles. The quantitative estimate of drug-likeness (QED) is 0.665. The van der Waals surface area contributed by atoms with Crippen molar-refractivity contribution in [2.45, 2.75) is 19.4 Å². The van der Waals surface area contributed by atoms with E-state index in [2.05, 4.69) is 12.2 Å². The lowest BCUT2D eigenvalue weighted by atomic mass is 10.1. The molecule has 1 aromatic carbocycles. The highest BCUT2D eigenvalue weighted by Gasteiger charge is 2.01. The van der Waals surface area contributed by atoms with E-state index >= 15 is 0 Å². The molecule has 1 rings (SSSR count). The van der Waals surface area contributed by atoms with E-state index < -0.39 is 0 Å². The largest absolute Gasteiger partial charge is 0.508 e. The van der Waals surface area contributed by atoms with Gasteiger partial charge in [0.05, 0.1) is 6.61 Å². The molecule has 0 aliphatic carbocycles. The number of aromatic hydroxyl groups is 1. The molecule has 14 heavy (non-hydrogen) atoms. The summed E-state index contributed by atoms with van der Waals surface area (Å²) in [5, 5.41) is 20.7. The van der Waals surface area contributed by atoms with Crippen molar-refractivity contribution in [1.82, 2.24) is 5.32 Å². The fourth-order valence-electron chi connectivity index (χ4n) is 1.31. The molecule has 1 unspecified atom stereocenters. The Kier molecular flexibility index (Phi) is 4.43. The van der Waals surface area contributed by atoms with E-state index in [9.17, 15) is 0 Å². The molecule has 1 aromatic rings. The van der Waals surface area contributed by atoms with Crippen molar-refractivity contribution in [2.24, 2.45) is 0 Å². The Morgan fingerprint density at radius 1 is 1.36 bits per heavy atom. The standard InChI is InChI=1S/C11H16NO2/c1-9(12-6-7-13)8-10-2-4-11(14)5-3-10/h2-5,7,9,12-14H,6,8H2,1H3. The van der Waals surface area contributed by atoms with Crippen LogP contribution >= 0.6 is 0 Å². The maximum Gasteiger partial charge on any atom is 0.115 e. The van der Waals surface area contributed by atoms with Gasteiger partial charge in [0.1, 0.15) is 5.75 Å². The van der Waals surface area contributed by atoms with E-state index in [1.807, 2.05) is 12.1 Å². The van der Waals surface area contributed by atoms with Gasteiger partial charge in [-0.05, 0) is 31.0 Å². The minimum absolute atomic E-state index is 0.290. The molecular weight excluding hydrogens is 178 g/mol. The van der Waals surface area contributed by atoms with Crippen molar-refractivity contribution in [1.29, 1.82) is 0 Å². The molecule has 0 spiro atoms. The molecule has 3 heteroatoms. The van der Waals surface area contributed by atoms with E-state index in [1.54, 1.807) is 12.1 Å². The Balaban J connectivity index is 2.39. The van der Waals surface area contributed by atoms with Gasteiger partial charge in [0.2, 0.25) is 0 Å². The normalized spacial score (nSPS) is 12.7. The zero-order valence-electron chi connectivity index (χ0n) is 8.27. The van der Waals surface area contributed by atoms with E-state index in [-0.39, 0.29) is 5.75 Å². The van der Waals surface area contributed by atoms with Crippen molar-refractivity contribution in [3.8, 4) is 5.75 Å². The van der Waals surface area contributed by atoms with Crippen LogP contribution in [0.3, 0.4) is 0 Å². The average Bonchev–Trinajstić information content (AvgIpc) is 2.18. The molecule has 3 N–H and O–H groups in total. The molecule has 0 saturated carbocycles. The molecular formula is C11H16NO2. The molecule has 3 nitrogen and oxygen atoms in total. The third kappa shape index (κ3) is 3.77. The van der Waals surface area contributed by atoms with Crippen LogP contribution < -0.4 is 5.32 Å². The first kappa shape index (κ1) is 11.0. The molecule has 1 atom stereocenters. The number of phenolic OH excluding ortho intramolecular Hbond substituents is 1. The lowest BCUT2D eigenvalue weighted by Crippen LogP contribution is -2.29. The lowest BCUT2D eigenvalue weighted by molar-refractivity contribution is 0.366. The third-order valence-corrected chi connectivity index (χ3v) is 2.04. The van der Waals surface area contributed by atoms with Gasteiger partial charge in [0.15, 0.2) is 0 Å². The molecule has 1 radical (unpaired) electrons. The maximum atomic E-state index is 9.08. The Labute approximate surface area is 84.4 Å². The van der Waals surface area contributed by atoms with Crippen LogP contribution in [0.5, 0.6) is 5.75 Å². The third-order valence-electron chi connectivity index (χ3n) is 2.04. The summed E-state index contributed by atoms with van der Waals surface area (Å²) in [6, 6.07) is 7.47. The van der Waals surface area contributed by atoms with E-state index in [4.69, 9.17) is 10.2 Å². The number of rotatable bonds is 5. The number of phenols is 1. The molecule has 0 aliphatic rings. The molecule has 0 amide bonds. The molecule has 0 bridgehead atoms. The fourth-order valence-corrected chi connectivity index (χ4v) is 1.31. The van der Waals surface area contributed by atoms with E-state index in [1.165, 1.54) is 5.56 Å². The summed E-state index contributed by atoms with van der Waals surface area (Å²) in [4.78, 5) is 0. The topological polar surface area (TPSA) is 52.5 Å². The maximum absolute atomic E-state index is 9.08. The highest BCUT2D eigenvalue weighted by atomic mass is 16.3. The molecule has 0 aromatic heterocycles. The van der Waals surface area contributed by atoms with Gasteiger partial charge in [-0.2, -0.15) is 0 Å². The van der Waals surface area contributed by atoms with Crippen LogP contribution in [0.25, 0.3) is 0 Å². The van der Waals surface area contributed by atoms with Crippen LogP contribution in [-0.4, -0.2) is 22.8 Å². The monoisotopic (exact) mass is 194 g/mol. The Hall–Kier alpha value is -1.06. The van der Waals surface area contributed by atoms with Crippen molar-refractivity contribution >= 4 is 0 Å². The number of nitrogens with one attached hydrogen (secondary N) is 1. The van der Waals surface area contributed by atoms with Crippen LogP contribution in [-0.2, 0) is 6.42 Å². The van der Waals surface area contributed by atoms with Crippen LogP contribution in [0.2, 0.25) is 0 Å². The molecule has 0 fully saturated rings. The summed E-state index contributed by atoms with van der Waals surface area (Å²) in [7, 11) is 0. The average molecular weight is 194 g/mol. The Morgan fingerprint density at radius 2 is 2.00 bits per heavy atom. The minimum Gasteiger partial charge on any atom is -0.508 e. The summed E-state index contributed by atoms with van der Waals surface area (Å²) in [5.41, 5.74) is 1.17. The summed E-state index contributed by atoms with van der Waals surface area (Å²) in [5.74, 6) is 0.290. The highest BCUT2D eigenvalue weighted by Crippen LogP contribution is 2.10. The first-order chi connectivity index (χ1) is 6.72. The van der Waals surface area contributed by atoms with Gasteiger partial charge in [0.25, 0.3) is 0 Å². The second-order valence-electron chi connectivity index (χ2n) is 3.36. The van der Waals surface area contributed by atoms with Gasteiger partial charge in [-0.15, -0.1) is 0 Å². The predicted octanol–water partition coefficient (Wildman–Crippen LogP) is 1.45. The van der Waals surface area contributed by atoms with Crippen molar-refractivity contribution in [2.75, 3.05) is 6.54 Å². The van der Waals surface area contributed by atoms with Gasteiger partial charge in [-0.1, -0.05) is 12.1 Å². The first-order valence-electron chi connectivity index (χ1n) is 4.69. The zero-order valence-corrected chi connectivity index (χ0v) is 8.27. The van der Waals surface area contributed by atoms with E-state index in [0.717, 1.165) is 13.0 Å². The number of hydrogen-bond acceptors (Lipinski definition) is 3. The summed E-state index contributed by atoms with van der Waals surface area (Å²) in [6.07, 6.45) is 0.883. The van der Waals surface area contributed by atoms with Crippen LogP contribution in [0.1, 0.15) is 12.5 Å². The van der Waals surface area contributed by atoms with Gasteiger partial charge >= 0.3 is 0 Å². The summed E-state index contributed by atoms with van der Waals surface area (Å²) >= 11 is 0. The van der Waals surface area contributed by atoms with Crippen molar-refractivity contribution in [3.05, 3.63) is 36.4 Å². The second-order valence-corrected chi connectivity index (χ2v) is 3.36. The highest BCUT2D eigenvalue weighted by molar-refractivity contribution is 5.26. The van der Waals surface area contributed by atoms with Gasteiger partial charge in [-0.25, -0.2) is 0 Å². The lowest BCUT2D eigenvalue weighted by Gasteiger charge is -2.12. The fraction of sp³-hybridized carbons (Fsp3) is 0.364. The summed E-state index contributed by atoms with van der Waals surface area (Å²) in [6.45, 7) is 3.66. The Bertz CT molecular complexity index is 258. The second kappa shape index (κ2) is 5.62. The SMILES string of the molecule is CC(Cc1ccc(O)cc1)NC[CH]O. The molecule has 77 valence electrons. The van der Waals surface area contributed by atoms with Gasteiger partial charge in [-0.3, -0.25) is 0 Å². The first-order valence-corrected chi connectivity index (χ1v) is 4.69. The van der Waals surface area contributed by atoms with Gasteiger partial charge in [0, 0.05) is 12.6 Å². The number of benzene rings is 1. The van der Waals surface area contributed by atoms with E-state index in [0.29, 0.717) is 12.6 Å². The zero-order chi connectivity index (χ0) is 10.4. The number of aliphatic hydroxyl groups is 1. The number of hydrogen-bond donors (Lipinski definition) is 3. The number of aliphatic hydroxyl groups excluding tert-OH is 1. The summed E-state index contributed by atoms with van der Waals surface area (Å²) < 4.78 is 0. The van der Waals surface area contributed by atoms with Crippen LogP contribution in [0.4, 0.5) is 0 Å². The van der Waals surface area contributed by atoms with Crippen molar-refractivity contribution < 1.29 is 10.2 Å². The predicted molar refractivity (Wildman–Crippen MR) is 55.5 cm³/mol. The Morgan fingerprint density at radius 3 is 2.57 bits per heavy atom. The van der Waals surface area contributed by atoms with Crippen molar-refractivity contribution in [3.63, 3.8) is 0 Å². The smallest absolute Gasteiger partial charge is 0.115 e. The minimum atomic E-state index is 0.290. The van der Waals surface area contributed by atoms with Gasteiger partial charge < -0.3 is 15.5 Å². The molecule has 0 heterocycles. The molecule has 0 saturated heterocycles.